The number of nitrogens with zero attached hydrogens (tertiary/aromatic N) is 3. The van der Waals surface area contributed by atoms with E-state index in [-0.39, 0.29) is 18.0 Å². The zero-order valence-corrected chi connectivity index (χ0v) is 16.5. The summed E-state index contributed by atoms with van der Waals surface area (Å²) >= 11 is 0. The molecule has 0 spiro atoms. The SMILES string of the molecule is N#C/C(=C\c1cn(CC(=O)N2CCCC2)c2ccccc12)C(=O)Nc1ccccc1. The van der Waals surface area contributed by atoms with E-state index in [2.05, 4.69) is 5.32 Å². The molecule has 0 atom stereocenters. The molecular formula is C24H22N4O2. The highest BCUT2D eigenvalue weighted by atomic mass is 16.2. The van der Waals surface area contributed by atoms with Gasteiger partial charge in [-0.3, -0.25) is 9.59 Å². The minimum Gasteiger partial charge on any atom is -0.341 e. The maximum Gasteiger partial charge on any atom is 0.266 e. The van der Waals surface area contributed by atoms with Crippen LogP contribution in [0.4, 0.5) is 5.69 Å². The van der Waals surface area contributed by atoms with E-state index in [9.17, 15) is 14.9 Å². The van der Waals surface area contributed by atoms with E-state index in [0.717, 1.165) is 42.4 Å². The molecule has 2 aromatic carbocycles. The lowest BCUT2D eigenvalue weighted by atomic mass is 10.1. The van der Waals surface area contributed by atoms with Crippen LogP contribution in [0.15, 0.2) is 66.4 Å². The average molecular weight is 398 g/mol. The molecule has 1 fully saturated rings. The molecule has 6 nitrogen and oxygen atoms in total. The lowest BCUT2D eigenvalue weighted by molar-refractivity contribution is -0.130. The fraction of sp³-hybridized carbons (Fsp3) is 0.208. The highest BCUT2D eigenvalue weighted by molar-refractivity contribution is 6.10. The van der Waals surface area contributed by atoms with Crippen LogP contribution in [-0.2, 0) is 16.1 Å². The maximum absolute atomic E-state index is 12.6. The number of hydrogen-bond acceptors (Lipinski definition) is 3. The number of hydrogen-bond donors (Lipinski definition) is 1. The summed E-state index contributed by atoms with van der Waals surface area (Å²) in [4.78, 5) is 27.1. The van der Waals surface area contributed by atoms with E-state index < -0.39 is 5.91 Å². The first kappa shape index (κ1) is 19.5. The van der Waals surface area contributed by atoms with Gasteiger partial charge in [-0.25, -0.2) is 0 Å². The van der Waals surface area contributed by atoms with E-state index in [4.69, 9.17) is 0 Å². The van der Waals surface area contributed by atoms with Crippen LogP contribution in [-0.4, -0.2) is 34.4 Å². The average Bonchev–Trinajstić information content (AvgIpc) is 3.42. The Morgan fingerprint density at radius 2 is 1.73 bits per heavy atom. The molecule has 0 bridgehead atoms. The Bertz CT molecular complexity index is 1150. The number of para-hydroxylation sites is 2. The van der Waals surface area contributed by atoms with Crippen molar-refractivity contribution in [3.8, 4) is 6.07 Å². The third-order valence-electron chi connectivity index (χ3n) is 5.28. The molecule has 0 unspecified atom stereocenters. The van der Waals surface area contributed by atoms with Gasteiger partial charge in [0.2, 0.25) is 5.91 Å². The van der Waals surface area contributed by atoms with Gasteiger partial charge in [0.05, 0.1) is 0 Å². The number of nitrogens with one attached hydrogen (secondary N) is 1. The molecule has 1 aromatic heterocycles. The molecule has 2 heterocycles. The van der Waals surface area contributed by atoms with Gasteiger partial charge in [-0.05, 0) is 37.1 Å². The van der Waals surface area contributed by atoms with Crippen LogP contribution in [0.2, 0.25) is 0 Å². The molecule has 0 aliphatic carbocycles. The van der Waals surface area contributed by atoms with Gasteiger partial charge in [0.1, 0.15) is 18.2 Å². The number of fused-ring (bicyclic) bond motifs is 1. The fourth-order valence-corrected chi connectivity index (χ4v) is 3.76. The second kappa shape index (κ2) is 8.66. The highest BCUT2D eigenvalue weighted by Gasteiger charge is 2.19. The number of carbonyl (C=O) groups is 2. The third-order valence-corrected chi connectivity index (χ3v) is 5.28. The number of benzene rings is 2. The number of nitriles is 1. The molecule has 4 rings (SSSR count). The van der Waals surface area contributed by atoms with Crippen LogP contribution in [0, 0.1) is 11.3 Å². The molecule has 0 radical (unpaired) electrons. The number of carbonyl (C=O) groups excluding carboxylic acids is 2. The molecule has 1 aliphatic rings. The predicted octanol–water partition coefficient (Wildman–Crippen LogP) is 3.81. The van der Waals surface area contributed by atoms with Gasteiger partial charge >= 0.3 is 0 Å². The van der Waals surface area contributed by atoms with Crippen molar-refractivity contribution in [2.75, 3.05) is 18.4 Å². The first-order valence-corrected chi connectivity index (χ1v) is 9.99. The summed E-state index contributed by atoms with van der Waals surface area (Å²) in [5.41, 5.74) is 2.27. The summed E-state index contributed by atoms with van der Waals surface area (Å²) in [6.45, 7) is 1.86. The lowest BCUT2D eigenvalue weighted by Crippen LogP contribution is -2.30. The van der Waals surface area contributed by atoms with Crippen LogP contribution in [0.1, 0.15) is 18.4 Å². The first-order valence-electron chi connectivity index (χ1n) is 9.99. The molecule has 1 saturated heterocycles. The third kappa shape index (κ3) is 4.11. The second-order valence-corrected chi connectivity index (χ2v) is 7.31. The van der Waals surface area contributed by atoms with Gasteiger partial charge in [-0.2, -0.15) is 5.26 Å². The van der Waals surface area contributed by atoms with Gasteiger partial charge in [0.15, 0.2) is 0 Å². The minimum atomic E-state index is -0.464. The minimum absolute atomic E-state index is 0.00706. The van der Waals surface area contributed by atoms with Gasteiger partial charge in [-0.1, -0.05) is 36.4 Å². The second-order valence-electron chi connectivity index (χ2n) is 7.31. The van der Waals surface area contributed by atoms with Crippen molar-refractivity contribution in [2.24, 2.45) is 0 Å². The van der Waals surface area contributed by atoms with Crippen molar-refractivity contribution < 1.29 is 9.59 Å². The summed E-state index contributed by atoms with van der Waals surface area (Å²) < 4.78 is 1.89. The Labute approximate surface area is 175 Å². The summed E-state index contributed by atoms with van der Waals surface area (Å²) in [7, 11) is 0. The highest BCUT2D eigenvalue weighted by Crippen LogP contribution is 2.24. The van der Waals surface area contributed by atoms with Crippen molar-refractivity contribution in [1.82, 2.24) is 9.47 Å². The van der Waals surface area contributed by atoms with E-state index >= 15 is 0 Å². The molecule has 30 heavy (non-hydrogen) atoms. The summed E-state index contributed by atoms with van der Waals surface area (Å²) in [6, 6.07) is 18.7. The summed E-state index contributed by atoms with van der Waals surface area (Å²) in [5, 5.41) is 13.2. The summed E-state index contributed by atoms with van der Waals surface area (Å²) in [6.07, 6.45) is 5.52. The maximum atomic E-state index is 12.6. The van der Waals surface area contributed by atoms with Gasteiger partial charge < -0.3 is 14.8 Å². The fourth-order valence-electron chi connectivity index (χ4n) is 3.76. The van der Waals surface area contributed by atoms with Gasteiger partial charge in [0, 0.05) is 41.4 Å². The quantitative estimate of drug-likeness (QED) is 0.524. The molecule has 2 amide bonds. The Hall–Kier alpha value is -3.85. The monoisotopic (exact) mass is 398 g/mol. The largest absolute Gasteiger partial charge is 0.341 e. The van der Waals surface area contributed by atoms with Crippen molar-refractivity contribution in [3.05, 3.63) is 71.9 Å². The molecule has 6 heteroatoms. The van der Waals surface area contributed by atoms with E-state index in [1.807, 2.05) is 64.2 Å². The Balaban J connectivity index is 1.63. The number of amides is 2. The van der Waals surface area contributed by atoms with E-state index in [1.165, 1.54) is 0 Å². The molecule has 0 saturated carbocycles. The molecule has 3 aromatic rings. The van der Waals surface area contributed by atoms with Crippen molar-refractivity contribution in [2.45, 2.75) is 19.4 Å². The first-order chi connectivity index (χ1) is 14.7. The Kier molecular flexibility index (Phi) is 5.62. The number of anilines is 1. The van der Waals surface area contributed by atoms with E-state index in [0.29, 0.717) is 5.69 Å². The van der Waals surface area contributed by atoms with Gasteiger partial charge in [-0.15, -0.1) is 0 Å². The van der Waals surface area contributed by atoms with Crippen LogP contribution >= 0.6 is 0 Å². The van der Waals surface area contributed by atoms with Crippen molar-refractivity contribution >= 4 is 34.5 Å². The normalized spacial score (nSPS) is 14.0. The lowest BCUT2D eigenvalue weighted by Gasteiger charge is -2.15. The van der Waals surface area contributed by atoms with Crippen LogP contribution in [0.3, 0.4) is 0 Å². The standard InChI is InChI=1S/C24H22N4O2/c25-15-18(24(30)26-20-8-2-1-3-9-20)14-19-16-28(22-11-5-4-10-21(19)22)17-23(29)27-12-6-7-13-27/h1-5,8-11,14,16H,6-7,12-13,17H2,(H,26,30)/b18-14+. The van der Waals surface area contributed by atoms with Crippen LogP contribution in [0.5, 0.6) is 0 Å². The van der Waals surface area contributed by atoms with Crippen molar-refractivity contribution in [3.63, 3.8) is 0 Å². The molecule has 1 aliphatic heterocycles. The van der Waals surface area contributed by atoms with Crippen molar-refractivity contribution in [1.29, 1.82) is 5.26 Å². The van der Waals surface area contributed by atoms with Crippen LogP contribution < -0.4 is 5.32 Å². The Morgan fingerprint density at radius 1 is 1.03 bits per heavy atom. The number of aromatic nitrogens is 1. The Morgan fingerprint density at radius 3 is 2.47 bits per heavy atom. The molecule has 1 N–H and O–H groups in total. The predicted molar refractivity (Wildman–Crippen MR) is 116 cm³/mol. The van der Waals surface area contributed by atoms with Gasteiger partial charge in [0.25, 0.3) is 5.91 Å². The zero-order valence-electron chi connectivity index (χ0n) is 16.5. The van der Waals surface area contributed by atoms with Crippen LogP contribution in [0.25, 0.3) is 17.0 Å². The zero-order chi connectivity index (χ0) is 20.9. The summed E-state index contributed by atoms with van der Waals surface area (Å²) in [5.74, 6) is -0.375. The molecular weight excluding hydrogens is 376 g/mol. The van der Waals surface area contributed by atoms with E-state index in [1.54, 1.807) is 18.2 Å². The molecule has 150 valence electrons. The number of rotatable bonds is 5. The topological polar surface area (TPSA) is 78.1 Å². The smallest absolute Gasteiger partial charge is 0.266 e. The number of likely N-dealkylation sites (tertiary alicyclic amines) is 1.